The van der Waals surface area contributed by atoms with E-state index in [-0.39, 0.29) is 0 Å². The van der Waals surface area contributed by atoms with E-state index < -0.39 is 52.1 Å². The van der Waals surface area contributed by atoms with Crippen LogP contribution in [0.1, 0.15) is 36.7 Å². The Morgan fingerprint density at radius 2 is 1.24 bits per heavy atom. The molecular weight excluding hydrogens is 309 g/mol. The molecule has 2 nitrogen and oxygen atoms in total. The summed E-state index contributed by atoms with van der Waals surface area (Å²) in [5.74, 6) is -12.2. The number of halogens is 7. The van der Waals surface area contributed by atoms with Gasteiger partial charge in [0.2, 0.25) is 0 Å². The zero-order valence-corrected chi connectivity index (χ0v) is 11.0. The lowest BCUT2D eigenvalue weighted by Crippen LogP contribution is -2.27. The average Bonchev–Trinajstić information content (AvgIpc) is 2.22. The number of hydrogen-bond acceptors (Lipinski definition) is 2. The highest BCUT2D eigenvalue weighted by Crippen LogP contribution is 2.37. The van der Waals surface area contributed by atoms with Crippen molar-refractivity contribution >= 4 is 5.97 Å². The number of esters is 1. The molecule has 0 saturated carbocycles. The predicted octanol–water partition coefficient (Wildman–Crippen LogP) is 4.22. The van der Waals surface area contributed by atoms with Crippen LogP contribution in [-0.2, 0) is 10.9 Å². The number of benzene rings is 1. The van der Waals surface area contributed by atoms with Gasteiger partial charge in [0.25, 0.3) is 0 Å². The summed E-state index contributed by atoms with van der Waals surface area (Å²) < 4.78 is 95.0. The van der Waals surface area contributed by atoms with Gasteiger partial charge in [0.1, 0.15) is 16.7 Å². The Morgan fingerprint density at radius 3 is 1.52 bits per heavy atom. The zero-order chi connectivity index (χ0) is 16.7. The predicted molar refractivity (Wildman–Crippen MR) is 56.4 cm³/mol. The quantitative estimate of drug-likeness (QED) is 0.440. The Balaban J connectivity index is 3.56. The van der Waals surface area contributed by atoms with Gasteiger partial charge in [0, 0.05) is 0 Å². The summed E-state index contributed by atoms with van der Waals surface area (Å²) in [6.07, 6.45) is -5.66. The van der Waals surface area contributed by atoms with Crippen LogP contribution in [0.2, 0.25) is 0 Å². The van der Waals surface area contributed by atoms with Crippen LogP contribution in [0.25, 0.3) is 0 Å². The lowest BCUT2D eigenvalue weighted by molar-refractivity contribution is -0.143. The molecule has 0 unspecified atom stereocenters. The second-order valence-electron chi connectivity index (χ2n) is 5.01. The van der Waals surface area contributed by atoms with E-state index >= 15 is 0 Å². The fourth-order valence-electron chi connectivity index (χ4n) is 1.39. The van der Waals surface area contributed by atoms with Crippen molar-refractivity contribution in [3.63, 3.8) is 0 Å². The standard InChI is InChI=1S/C12H9F7O2/c1-11(2,3)21-10(20)4-6(13)8(15)5(12(17,18)19)9(16)7(4)14/h1-3H3. The summed E-state index contributed by atoms with van der Waals surface area (Å²) in [6.45, 7) is 3.87. The van der Waals surface area contributed by atoms with Crippen molar-refractivity contribution < 1.29 is 40.3 Å². The number of carbonyl (C=O) groups is 1. The Hall–Kier alpha value is -1.80. The fourth-order valence-corrected chi connectivity index (χ4v) is 1.39. The van der Waals surface area contributed by atoms with E-state index in [2.05, 4.69) is 4.74 Å². The molecule has 0 aliphatic rings. The van der Waals surface area contributed by atoms with Crippen LogP contribution < -0.4 is 0 Å². The summed E-state index contributed by atoms with van der Waals surface area (Å²) in [5.41, 5.74) is -5.87. The van der Waals surface area contributed by atoms with E-state index in [4.69, 9.17) is 0 Å². The molecule has 0 aliphatic carbocycles. The third-order valence-corrected chi connectivity index (χ3v) is 2.15. The summed E-state index contributed by atoms with van der Waals surface area (Å²) in [7, 11) is 0. The zero-order valence-electron chi connectivity index (χ0n) is 11.0. The van der Waals surface area contributed by atoms with Gasteiger partial charge in [-0.15, -0.1) is 0 Å². The number of rotatable bonds is 1. The Morgan fingerprint density at radius 1 is 0.857 bits per heavy atom. The molecule has 0 bridgehead atoms. The molecule has 0 atom stereocenters. The largest absolute Gasteiger partial charge is 0.456 e. The third-order valence-electron chi connectivity index (χ3n) is 2.15. The molecule has 1 rings (SSSR count). The molecule has 21 heavy (non-hydrogen) atoms. The number of ether oxygens (including phenoxy) is 1. The van der Waals surface area contributed by atoms with Crippen LogP contribution in [0.15, 0.2) is 0 Å². The Labute approximate surface area is 114 Å². The van der Waals surface area contributed by atoms with Crippen LogP contribution >= 0.6 is 0 Å². The van der Waals surface area contributed by atoms with E-state index in [1.165, 1.54) is 20.8 Å². The highest BCUT2D eigenvalue weighted by Gasteiger charge is 2.43. The SMILES string of the molecule is CC(C)(C)OC(=O)c1c(F)c(F)c(C(F)(F)F)c(F)c1F. The van der Waals surface area contributed by atoms with Crippen molar-refractivity contribution in [1.29, 1.82) is 0 Å². The summed E-state index contributed by atoms with van der Waals surface area (Å²) >= 11 is 0. The van der Waals surface area contributed by atoms with Crippen molar-refractivity contribution in [2.24, 2.45) is 0 Å². The average molecular weight is 318 g/mol. The van der Waals surface area contributed by atoms with Crippen LogP contribution in [0, 0.1) is 23.3 Å². The monoisotopic (exact) mass is 318 g/mol. The van der Waals surface area contributed by atoms with Crippen LogP contribution in [-0.4, -0.2) is 11.6 Å². The molecule has 0 spiro atoms. The first-order valence-electron chi connectivity index (χ1n) is 5.44. The maximum absolute atomic E-state index is 13.5. The van der Waals surface area contributed by atoms with Crippen molar-refractivity contribution in [3.8, 4) is 0 Å². The summed E-state index contributed by atoms with van der Waals surface area (Å²) in [4.78, 5) is 11.5. The summed E-state index contributed by atoms with van der Waals surface area (Å²) in [5, 5.41) is 0. The van der Waals surface area contributed by atoms with Gasteiger partial charge in [0.05, 0.1) is 0 Å². The van der Waals surface area contributed by atoms with E-state index in [9.17, 15) is 35.5 Å². The summed E-state index contributed by atoms with van der Waals surface area (Å²) in [6, 6.07) is 0. The van der Waals surface area contributed by atoms with Gasteiger partial charge in [-0.2, -0.15) is 13.2 Å². The molecule has 1 aromatic carbocycles. The van der Waals surface area contributed by atoms with Gasteiger partial charge in [-0.25, -0.2) is 22.4 Å². The first-order valence-corrected chi connectivity index (χ1v) is 5.44. The number of alkyl halides is 3. The fraction of sp³-hybridized carbons (Fsp3) is 0.417. The molecule has 0 aromatic heterocycles. The lowest BCUT2D eigenvalue weighted by Gasteiger charge is -2.20. The normalized spacial score (nSPS) is 12.5. The van der Waals surface area contributed by atoms with Crippen molar-refractivity contribution in [2.75, 3.05) is 0 Å². The molecule has 9 heteroatoms. The highest BCUT2D eigenvalue weighted by atomic mass is 19.4. The van der Waals surface area contributed by atoms with Gasteiger partial charge >= 0.3 is 12.1 Å². The minimum Gasteiger partial charge on any atom is -0.456 e. The lowest BCUT2D eigenvalue weighted by atomic mass is 10.1. The number of hydrogen-bond donors (Lipinski definition) is 0. The highest BCUT2D eigenvalue weighted by molar-refractivity contribution is 5.90. The van der Waals surface area contributed by atoms with Gasteiger partial charge in [-0.3, -0.25) is 0 Å². The second kappa shape index (κ2) is 5.19. The van der Waals surface area contributed by atoms with Crippen LogP contribution in [0.5, 0.6) is 0 Å². The smallest absolute Gasteiger partial charge is 0.422 e. The maximum atomic E-state index is 13.5. The van der Waals surface area contributed by atoms with Crippen molar-refractivity contribution in [1.82, 2.24) is 0 Å². The molecule has 0 aliphatic heterocycles. The van der Waals surface area contributed by atoms with E-state index in [0.717, 1.165) is 0 Å². The molecular formula is C12H9F7O2. The maximum Gasteiger partial charge on any atom is 0.422 e. The molecule has 1 aromatic rings. The molecule has 0 radical (unpaired) electrons. The first-order chi connectivity index (χ1) is 9.27. The second-order valence-corrected chi connectivity index (χ2v) is 5.01. The van der Waals surface area contributed by atoms with E-state index in [1.54, 1.807) is 0 Å². The Bertz CT molecular complexity index is 556. The van der Waals surface area contributed by atoms with E-state index in [0.29, 0.717) is 0 Å². The minimum atomic E-state index is -5.66. The van der Waals surface area contributed by atoms with Crippen molar-refractivity contribution in [2.45, 2.75) is 32.5 Å². The molecule has 0 amide bonds. The first kappa shape index (κ1) is 17.3. The molecule has 0 fully saturated rings. The van der Waals surface area contributed by atoms with Gasteiger partial charge in [-0.05, 0) is 20.8 Å². The molecule has 0 heterocycles. The van der Waals surface area contributed by atoms with Gasteiger partial charge in [-0.1, -0.05) is 0 Å². The molecule has 0 N–H and O–H groups in total. The van der Waals surface area contributed by atoms with Crippen LogP contribution in [0.4, 0.5) is 30.7 Å². The minimum absolute atomic E-state index is 1.27. The van der Waals surface area contributed by atoms with Crippen LogP contribution in [0.3, 0.4) is 0 Å². The van der Waals surface area contributed by atoms with Gasteiger partial charge in [0.15, 0.2) is 23.3 Å². The van der Waals surface area contributed by atoms with Gasteiger partial charge < -0.3 is 4.74 Å². The molecule has 0 saturated heterocycles. The topological polar surface area (TPSA) is 26.3 Å². The number of carbonyl (C=O) groups excluding carboxylic acids is 1. The Kier molecular flexibility index (Phi) is 4.27. The van der Waals surface area contributed by atoms with E-state index in [1.807, 2.05) is 0 Å². The molecule has 118 valence electrons. The van der Waals surface area contributed by atoms with Crippen molar-refractivity contribution in [3.05, 3.63) is 34.4 Å². The third kappa shape index (κ3) is 3.45.